The van der Waals surface area contributed by atoms with E-state index in [4.69, 9.17) is 4.42 Å². The zero-order valence-corrected chi connectivity index (χ0v) is 20.2. The Labute approximate surface area is 190 Å². The maximum atomic E-state index is 12.7. The second-order valence-corrected chi connectivity index (χ2v) is 12.6. The molecule has 1 aromatic rings. The lowest BCUT2D eigenvalue weighted by atomic mass is 9.44. The zero-order chi connectivity index (χ0) is 23.3. The van der Waals surface area contributed by atoms with Crippen LogP contribution in [0.2, 0.25) is 0 Å². The summed E-state index contributed by atoms with van der Waals surface area (Å²) < 4.78 is 5.26. The molecule has 4 aliphatic carbocycles. The van der Waals surface area contributed by atoms with Gasteiger partial charge in [0.25, 0.3) is 0 Å². The van der Waals surface area contributed by atoms with E-state index in [-0.39, 0.29) is 45.4 Å². The van der Waals surface area contributed by atoms with Crippen LogP contribution in [0.15, 0.2) is 51.4 Å². The lowest BCUT2D eigenvalue weighted by molar-refractivity contribution is -0.132. The summed E-state index contributed by atoms with van der Waals surface area (Å²) in [6.45, 7) is 13.2. The van der Waals surface area contributed by atoms with Crippen LogP contribution in [0.5, 0.6) is 0 Å². The molecule has 32 heavy (non-hydrogen) atoms. The van der Waals surface area contributed by atoms with E-state index in [1.165, 1.54) is 11.6 Å². The molecule has 0 aromatic carbocycles. The fourth-order valence-corrected chi connectivity index (χ4v) is 8.73. The van der Waals surface area contributed by atoms with E-state index in [0.717, 1.165) is 24.8 Å². The van der Waals surface area contributed by atoms with Gasteiger partial charge >= 0.3 is 5.63 Å². The topological polar surface area (TPSA) is 67.5 Å². The molecule has 0 spiro atoms. The summed E-state index contributed by atoms with van der Waals surface area (Å²) in [5.41, 5.74) is -0.143. The Kier molecular flexibility index (Phi) is 4.34. The number of fused-ring (bicyclic) bond motifs is 5. The van der Waals surface area contributed by atoms with Crippen LogP contribution < -0.4 is 5.63 Å². The van der Waals surface area contributed by atoms with E-state index in [0.29, 0.717) is 6.42 Å². The molecule has 0 amide bonds. The Morgan fingerprint density at radius 2 is 1.78 bits per heavy atom. The predicted molar refractivity (Wildman–Crippen MR) is 124 cm³/mol. The maximum absolute atomic E-state index is 12.7. The van der Waals surface area contributed by atoms with E-state index >= 15 is 0 Å². The second kappa shape index (κ2) is 6.34. The molecule has 2 saturated carbocycles. The molecule has 1 heterocycles. The van der Waals surface area contributed by atoms with Crippen molar-refractivity contribution in [2.24, 2.45) is 33.5 Å². The summed E-state index contributed by atoms with van der Waals surface area (Å²) >= 11 is 0. The van der Waals surface area contributed by atoms with Gasteiger partial charge in [0.2, 0.25) is 0 Å². The highest BCUT2D eigenvalue weighted by molar-refractivity contribution is 5.95. The molecule has 1 N–H and O–H groups in total. The van der Waals surface area contributed by atoms with Gasteiger partial charge in [-0.05, 0) is 71.6 Å². The lowest BCUT2D eigenvalue weighted by Gasteiger charge is -2.60. The molecule has 4 aliphatic rings. The van der Waals surface area contributed by atoms with Crippen molar-refractivity contribution in [1.82, 2.24) is 0 Å². The smallest absolute Gasteiger partial charge is 0.335 e. The van der Waals surface area contributed by atoms with Crippen molar-refractivity contribution in [3.63, 3.8) is 0 Å². The van der Waals surface area contributed by atoms with E-state index in [1.807, 2.05) is 6.07 Å². The van der Waals surface area contributed by atoms with Crippen molar-refractivity contribution in [2.45, 2.75) is 78.7 Å². The van der Waals surface area contributed by atoms with Gasteiger partial charge in [0.05, 0.1) is 11.9 Å². The van der Waals surface area contributed by atoms with Crippen LogP contribution >= 0.6 is 0 Å². The number of allylic oxidation sites excluding steroid dienone is 3. The molecule has 172 valence electrons. The number of ketones is 1. The SMILES string of the molecule is CC1(C)C[C@]2(O)C3=CC[C@H]4C(C)(C)C(=O)C=C[C@]4(C)[C@H]3CC[C@]2(C)[C@H]1c1ccc(=O)oc1. The van der Waals surface area contributed by atoms with Crippen LogP contribution in [-0.2, 0) is 4.79 Å². The van der Waals surface area contributed by atoms with E-state index in [1.54, 1.807) is 12.3 Å². The molecule has 4 heteroatoms. The molecule has 2 fully saturated rings. The summed E-state index contributed by atoms with van der Waals surface area (Å²) in [5.74, 6) is 0.759. The van der Waals surface area contributed by atoms with Crippen molar-refractivity contribution < 1.29 is 14.3 Å². The first-order valence-corrected chi connectivity index (χ1v) is 12.0. The van der Waals surface area contributed by atoms with Crippen molar-refractivity contribution in [3.05, 3.63) is 58.2 Å². The Bertz CT molecular complexity index is 1080. The molecule has 0 bridgehead atoms. The molecule has 1 aromatic heterocycles. The van der Waals surface area contributed by atoms with Crippen LogP contribution in [0.1, 0.15) is 78.7 Å². The van der Waals surface area contributed by atoms with Crippen molar-refractivity contribution in [2.75, 3.05) is 0 Å². The first-order chi connectivity index (χ1) is 14.8. The van der Waals surface area contributed by atoms with Crippen molar-refractivity contribution in [3.8, 4) is 0 Å². The van der Waals surface area contributed by atoms with Gasteiger partial charge in [0.15, 0.2) is 5.78 Å². The van der Waals surface area contributed by atoms with Gasteiger partial charge in [0, 0.05) is 22.8 Å². The molecule has 0 radical (unpaired) electrons. The molecular formula is C28H36O4. The Morgan fingerprint density at radius 3 is 2.44 bits per heavy atom. The number of carbonyl (C=O) groups excluding carboxylic acids is 1. The summed E-state index contributed by atoms with van der Waals surface area (Å²) in [4.78, 5) is 24.3. The third-order valence-corrected chi connectivity index (χ3v) is 10.1. The standard InChI is InChI=1S/C28H36O4/c1-24(2)16-28(31)19-8-9-20-25(3,4)21(29)12-13-26(20,5)18(19)11-14-27(28,6)23(24)17-7-10-22(30)32-15-17/h7-8,10,12-13,15,18,20,23,31H,9,11,14,16H2,1-6H3/t18-,20-,23-,26+,27+,28-/m0/s1. The third-order valence-electron chi connectivity index (χ3n) is 10.1. The minimum absolute atomic E-state index is 0.0802. The van der Waals surface area contributed by atoms with Gasteiger partial charge in [-0.3, -0.25) is 4.79 Å². The summed E-state index contributed by atoms with van der Waals surface area (Å²) in [6, 6.07) is 3.38. The second-order valence-electron chi connectivity index (χ2n) is 12.6. The molecular weight excluding hydrogens is 400 g/mol. The average Bonchev–Trinajstić information content (AvgIpc) is 2.87. The van der Waals surface area contributed by atoms with Crippen LogP contribution in [0.3, 0.4) is 0 Å². The number of hydrogen-bond acceptors (Lipinski definition) is 4. The minimum Gasteiger partial charge on any atom is -0.431 e. The lowest BCUT2D eigenvalue weighted by Crippen LogP contribution is -2.58. The first-order valence-electron chi connectivity index (χ1n) is 12.0. The minimum atomic E-state index is -0.923. The van der Waals surface area contributed by atoms with Crippen molar-refractivity contribution >= 4 is 5.78 Å². The summed E-state index contributed by atoms with van der Waals surface area (Å²) in [5, 5.41) is 12.5. The van der Waals surface area contributed by atoms with Crippen molar-refractivity contribution in [1.29, 1.82) is 0 Å². The number of aliphatic hydroxyl groups is 1. The largest absolute Gasteiger partial charge is 0.431 e. The molecule has 5 rings (SSSR count). The highest BCUT2D eigenvalue weighted by Crippen LogP contribution is 2.73. The van der Waals surface area contributed by atoms with Gasteiger partial charge in [-0.15, -0.1) is 0 Å². The van der Waals surface area contributed by atoms with Crippen LogP contribution in [-0.4, -0.2) is 16.5 Å². The molecule has 0 saturated heterocycles. The van der Waals surface area contributed by atoms with Gasteiger partial charge < -0.3 is 9.52 Å². The van der Waals surface area contributed by atoms with E-state index in [9.17, 15) is 14.7 Å². The fraction of sp³-hybridized carbons (Fsp3) is 0.643. The number of hydrogen-bond donors (Lipinski definition) is 1. The summed E-state index contributed by atoms with van der Waals surface area (Å²) in [6.07, 6.45) is 11.2. The van der Waals surface area contributed by atoms with E-state index in [2.05, 4.69) is 53.7 Å². The maximum Gasteiger partial charge on any atom is 0.335 e. The molecule has 0 aliphatic heterocycles. The Morgan fingerprint density at radius 1 is 1.06 bits per heavy atom. The fourth-order valence-electron chi connectivity index (χ4n) is 8.73. The quantitative estimate of drug-likeness (QED) is 0.597. The molecule has 4 nitrogen and oxygen atoms in total. The highest BCUT2D eigenvalue weighted by Gasteiger charge is 2.70. The van der Waals surface area contributed by atoms with Gasteiger partial charge in [-0.1, -0.05) is 53.7 Å². The normalized spacial score (nSPS) is 43.8. The third kappa shape index (κ3) is 2.53. The van der Waals surface area contributed by atoms with Gasteiger partial charge in [-0.2, -0.15) is 0 Å². The van der Waals surface area contributed by atoms with Crippen LogP contribution in [0, 0.1) is 33.5 Å². The zero-order valence-electron chi connectivity index (χ0n) is 20.2. The highest BCUT2D eigenvalue weighted by atomic mass is 16.4. The van der Waals surface area contributed by atoms with Gasteiger partial charge in [-0.25, -0.2) is 4.79 Å². The number of carbonyl (C=O) groups is 1. The Hall–Kier alpha value is -1.94. The van der Waals surface area contributed by atoms with Crippen LogP contribution in [0.4, 0.5) is 0 Å². The first kappa shape index (κ1) is 21.9. The molecule has 6 atom stereocenters. The monoisotopic (exact) mass is 436 g/mol. The van der Waals surface area contributed by atoms with Gasteiger partial charge in [0.1, 0.15) is 0 Å². The Balaban J connectivity index is 1.63. The van der Waals surface area contributed by atoms with Crippen LogP contribution in [0.25, 0.3) is 0 Å². The predicted octanol–water partition coefficient (Wildman–Crippen LogP) is 5.42. The molecule has 0 unspecified atom stereocenters. The number of rotatable bonds is 1. The van der Waals surface area contributed by atoms with E-state index < -0.39 is 11.0 Å². The average molecular weight is 437 g/mol. The summed E-state index contributed by atoms with van der Waals surface area (Å²) in [7, 11) is 0.